The van der Waals surface area contributed by atoms with Gasteiger partial charge in [-0.2, -0.15) is 5.10 Å². The van der Waals surface area contributed by atoms with E-state index < -0.39 is 5.97 Å². The van der Waals surface area contributed by atoms with Crippen LogP contribution in [-0.2, 0) is 0 Å². The molecule has 28 heavy (non-hydrogen) atoms. The number of rotatable bonds is 5. The predicted octanol–water partition coefficient (Wildman–Crippen LogP) is 4.48. The fourth-order valence-electron chi connectivity index (χ4n) is 2.18. The zero-order valence-corrected chi connectivity index (χ0v) is 16.6. The van der Waals surface area contributed by atoms with Crippen LogP contribution in [0.1, 0.15) is 26.3 Å². The summed E-state index contributed by atoms with van der Waals surface area (Å²) in [4.78, 5) is 28.0. The van der Waals surface area contributed by atoms with Gasteiger partial charge in [-0.05, 0) is 64.0 Å². The van der Waals surface area contributed by atoms with Gasteiger partial charge >= 0.3 is 5.97 Å². The Morgan fingerprint density at radius 3 is 2.57 bits per heavy atom. The van der Waals surface area contributed by atoms with E-state index in [1.807, 2.05) is 0 Å². The van der Waals surface area contributed by atoms with Crippen LogP contribution >= 0.6 is 27.5 Å². The van der Waals surface area contributed by atoms with Crippen molar-refractivity contribution >= 4 is 45.6 Å². The van der Waals surface area contributed by atoms with Gasteiger partial charge in [0, 0.05) is 16.9 Å². The summed E-state index contributed by atoms with van der Waals surface area (Å²) in [7, 11) is 0. The Kier molecular flexibility index (Phi) is 6.52. The monoisotopic (exact) mass is 457 g/mol. The minimum Gasteiger partial charge on any atom is -0.423 e. The van der Waals surface area contributed by atoms with Gasteiger partial charge in [0.15, 0.2) is 0 Å². The van der Waals surface area contributed by atoms with Crippen molar-refractivity contribution in [3.8, 4) is 5.75 Å². The normalized spacial score (nSPS) is 10.6. The van der Waals surface area contributed by atoms with Crippen LogP contribution in [-0.4, -0.2) is 23.1 Å². The number of hydrazone groups is 1. The molecule has 8 heteroatoms. The highest BCUT2D eigenvalue weighted by Gasteiger charge is 2.12. The molecule has 0 aliphatic carbocycles. The molecule has 2 aromatic carbocycles. The molecule has 1 heterocycles. The van der Waals surface area contributed by atoms with Gasteiger partial charge in [0.2, 0.25) is 0 Å². The number of pyridine rings is 1. The molecule has 3 aromatic rings. The van der Waals surface area contributed by atoms with Crippen molar-refractivity contribution in [3.05, 3.63) is 93.2 Å². The quantitative estimate of drug-likeness (QED) is 0.264. The molecule has 0 fully saturated rings. The van der Waals surface area contributed by atoms with Crippen molar-refractivity contribution in [2.75, 3.05) is 0 Å². The van der Waals surface area contributed by atoms with Gasteiger partial charge in [0.05, 0.1) is 22.4 Å². The van der Waals surface area contributed by atoms with Gasteiger partial charge in [-0.1, -0.05) is 23.7 Å². The van der Waals surface area contributed by atoms with Crippen molar-refractivity contribution in [3.63, 3.8) is 0 Å². The summed E-state index contributed by atoms with van der Waals surface area (Å²) < 4.78 is 6.00. The predicted molar refractivity (Wildman–Crippen MR) is 110 cm³/mol. The Morgan fingerprint density at radius 2 is 1.86 bits per heavy atom. The lowest BCUT2D eigenvalue weighted by Crippen LogP contribution is -2.17. The number of benzene rings is 2. The fraction of sp³-hybridized carbons (Fsp3) is 0. The molecule has 0 aliphatic rings. The molecular formula is C20H13BrClN3O3. The van der Waals surface area contributed by atoms with Crippen molar-refractivity contribution in [2.24, 2.45) is 5.10 Å². The number of carbonyl (C=O) groups excluding carboxylic acids is 2. The van der Waals surface area contributed by atoms with E-state index in [4.69, 9.17) is 16.3 Å². The SMILES string of the molecule is O=C(N/N=C/c1ccc(OC(=O)c2ccccc2Cl)cc1)c1cncc(Br)c1. The van der Waals surface area contributed by atoms with Gasteiger partial charge in [-0.15, -0.1) is 0 Å². The van der Waals surface area contributed by atoms with Crippen molar-refractivity contribution in [1.29, 1.82) is 0 Å². The van der Waals surface area contributed by atoms with E-state index in [0.29, 0.717) is 31.9 Å². The van der Waals surface area contributed by atoms with Crippen LogP contribution in [0.15, 0.2) is 76.6 Å². The van der Waals surface area contributed by atoms with Crippen LogP contribution in [0, 0.1) is 0 Å². The van der Waals surface area contributed by atoms with Crippen LogP contribution in [0.5, 0.6) is 5.75 Å². The highest BCUT2D eigenvalue weighted by molar-refractivity contribution is 9.10. The summed E-state index contributed by atoms with van der Waals surface area (Å²) in [6.07, 6.45) is 4.50. The van der Waals surface area contributed by atoms with E-state index in [1.54, 1.807) is 60.8 Å². The molecular weight excluding hydrogens is 446 g/mol. The first-order chi connectivity index (χ1) is 13.5. The largest absolute Gasteiger partial charge is 0.423 e. The summed E-state index contributed by atoms with van der Waals surface area (Å²) in [5, 5.41) is 4.23. The number of carbonyl (C=O) groups is 2. The van der Waals surface area contributed by atoms with Crippen LogP contribution in [0.4, 0.5) is 0 Å². The number of ether oxygens (including phenoxy) is 1. The summed E-state index contributed by atoms with van der Waals surface area (Å²) in [5.74, 6) is -0.552. The number of esters is 1. The molecule has 0 bridgehead atoms. The molecule has 0 saturated carbocycles. The topological polar surface area (TPSA) is 80.6 Å². The van der Waals surface area contributed by atoms with Gasteiger partial charge in [-0.25, -0.2) is 10.2 Å². The Labute approximate surface area is 174 Å². The third-order valence-electron chi connectivity index (χ3n) is 3.53. The lowest BCUT2D eigenvalue weighted by molar-refractivity contribution is 0.0734. The van der Waals surface area contributed by atoms with Gasteiger partial charge in [0.25, 0.3) is 5.91 Å². The molecule has 0 unspecified atom stereocenters. The van der Waals surface area contributed by atoms with Gasteiger partial charge in [-0.3, -0.25) is 9.78 Å². The fourth-order valence-corrected chi connectivity index (χ4v) is 2.75. The second-order valence-corrected chi connectivity index (χ2v) is 6.85. The minimum absolute atomic E-state index is 0.291. The number of amides is 1. The zero-order valence-electron chi connectivity index (χ0n) is 14.3. The highest BCUT2D eigenvalue weighted by Crippen LogP contribution is 2.19. The maximum Gasteiger partial charge on any atom is 0.345 e. The number of aromatic nitrogens is 1. The molecule has 0 radical (unpaired) electrons. The first-order valence-corrected chi connectivity index (χ1v) is 9.21. The van der Waals surface area contributed by atoms with Crippen LogP contribution in [0.2, 0.25) is 5.02 Å². The van der Waals surface area contributed by atoms with E-state index in [1.165, 1.54) is 12.4 Å². The van der Waals surface area contributed by atoms with Crippen molar-refractivity contribution in [2.45, 2.75) is 0 Å². The number of hydrogen-bond acceptors (Lipinski definition) is 5. The van der Waals surface area contributed by atoms with Gasteiger partial charge in [0.1, 0.15) is 5.75 Å². The van der Waals surface area contributed by atoms with Crippen LogP contribution in [0.25, 0.3) is 0 Å². The van der Waals surface area contributed by atoms with Crippen molar-refractivity contribution in [1.82, 2.24) is 10.4 Å². The third-order valence-corrected chi connectivity index (χ3v) is 4.29. The molecule has 1 N–H and O–H groups in total. The summed E-state index contributed by atoms with van der Waals surface area (Å²) in [5.41, 5.74) is 3.81. The Morgan fingerprint density at radius 1 is 1.11 bits per heavy atom. The van der Waals surface area contributed by atoms with Crippen molar-refractivity contribution < 1.29 is 14.3 Å². The molecule has 140 valence electrons. The molecule has 0 aliphatic heterocycles. The zero-order chi connectivity index (χ0) is 19.9. The highest BCUT2D eigenvalue weighted by atomic mass is 79.9. The van der Waals surface area contributed by atoms with Crippen LogP contribution in [0.3, 0.4) is 0 Å². The second-order valence-electron chi connectivity index (χ2n) is 5.53. The minimum atomic E-state index is -0.540. The second kappa shape index (κ2) is 9.25. The summed E-state index contributed by atoms with van der Waals surface area (Å²) in [6.45, 7) is 0. The molecule has 0 atom stereocenters. The average molecular weight is 459 g/mol. The molecule has 0 saturated heterocycles. The molecule has 1 amide bonds. The lowest BCUT2D eigenvalue weighted by atomic mass is 10.2. The number of hydrogen-bond donors (Lipinski definition) is 1. The van der Waals surface area contributed by atoms with E-state index in [9.17, 15) is 9.59 Å². The molecule has 6 nitrogen and oxygen atoms in total. The Balaban J connectivity index is 1.58. The van der Waals surface area contributed by atoms with E-state index >= 15 is 0 Å². The van der Waals surface area contributed by atoms with Crippen LogP contribution < -0.4 is 10.2 Å². The first kappa shape index (κ1) is 19.7. The average Bonchev–Trinajstić information content (AvgIpc) is 2.69. The molecule has 0 spiro atoms. The lowest BCUT2D eigenvalue weighted by Gasteiger charge is -2.06. The molecule has 3 rings (SSSR count). The molecule has 1 aromatic heterocycles. The number of halogens is 2. The maximum absolute atomic E-state index is 12.1. The van der Waals surface area contributed by atoms with E-state index in [0.717, 1.165) is 0 Å². The Hall–Kier alpha value is -3.03. The van der Waals surface area contributed by atoms with E-state index in [2.05, 4.69) is 31.4 Å². The standard InChI is InChI=1S/C20H13BrClN3O3/c21-15-9-14(11-23-12-15)19(26)25-24-10-13-5-7-16(8-6-13)28-20(27)17-3-1-2-4-18(17)22/h1-12H,(H,25,26)/b24-10+. The third kappa shape index (κ3) is 5.25. The Bertz CT molecular complexity index is 1040. The summed E-state index contributed by atoms with van der Waals surface area (Å²) in [6, 6.07) is 14.9. The number of nitrogens with zero attached hydrogens (tertiary/aromatic N) is 2. The maximum atomic E-state index is 12.1. The van der Waals surface area contributed by atoms with E-state index in [-0.39, 0.29) is 5.91 Å². The number of nitrogens with one attached hydrogen (secondary N) is 1. The van der Waals surface area contributed by atoms with Gasteiger partial charge < -0.3 is 4.74 Å². The smallest absolute Gasteiger partial charge is 0.345 e. The summed E-state index contributed by atoms with van der Waals surface area (Å²) >= 11 is 9.24. The first-order valence-electron chi connectivity index (χ1n) is 8.03.